The summed E-state index contributed by atoms with van der Waals surface area (Å²) in [7, 11) is 1.62. The molecule has 5 rings (SSSR count). The molecule has 0 aromatic rings. The fourth-order valence-electron chi connectivity index (χ4n) is 8.53. The van der Waals surface area contributed by atoms with Crippen LogP contribution in [0.15, 0.2) is 11.6 Å². The van der Waals surface area contributed by atoms with E-state index in [9.17, 15) is 9.59 Å². The molecule has 0 heterocycles. The average Bonchev–Trinajstić information content (AvgIpc) is 3.31. The molecule has 154 valence electrons. The normalized spacial score (nSPS) is 51.5. The van der Waals surface area contributed by atoms with Crippen molar-refractivity contribution in [2.45, 2.75) is 71.3 Å². The Balaban J connectivity index is 1.48. The molecule has 0 spiro atoms. The zero-order valence-electron chi connectivity index (χ0n) is 17.8. The van der Waals surface area contributed by atoms with Crippen LogP contribution < -0.4 is 0 Å². The first kappa shape index (κ1) is 19.0. The van der Waals surface area contributed by atoms with Crippen molar-refractivity contribution in [1.82, 2.24) is 0 Å². The third kappa shape index (κ3) is 2.19. The lowest BCUT2D eigenvalue weighted by Gasteiger charge is -2.58. The fraction of sp³-hybridized carbons (Fsp3) is 0.833. The molecule has 0 aromatic carbocycles. The van der Waals surface area contributed by atoms with Gasteiger partial charge in [-0.05, 0) is 86.5 Å². The Labute approximate surface area is 168 Å². The Kier molecular flexibility index (Phi) is 4.08. The first-order valence-electron chi connectivity index (χ1n) is 11.2. The van der Waals surface area contributed by atoms with Crippen LogP contribution in [0, 0.1) is 40.4 Å². The average molecular weight is 387 g/mol. The summed E-state index contributed by atoms with van der Waals surface area (Å²) in [4.78, 5) is 25.2. The molecule has 4 heteroatoms. The van der Waals surface area contributed by atoms with Crippen molar-refractivity contribution in [3.63, 3.8) is 0 Å². The van der Waals surface area contributed by atoms with Crippen molar-refractivity contribution < 1.29 is 19.1 Å². The van der Waals surface area contributed by atoms with Crippen molar-refractivity contribution in [2.75, 3.05) is 13.9 Å². The third-order valence-corrected chi connectivity index (χ3v) is 9.93. The van der Waals surface area contributed by atoms with Crippen LogP contribution in [0.2, 0.25) is 0 Å². The van der Waals surface area contributed by atoms with E-state index in [1.54, 1.807) is 14.0 Å². The smallest absolute Gasteiger partial charge is 0.187 e. The summed E-state index contributed by atoms with van der Waals surface area (Å²) in [6.07, 6.45) is 9.61. The minimum absolute atomic E-state index is 0.0697. The first-order chi connectivity index (χ1) is 13.3. The topological polar surface area (TPSA) is 52.6 Å². The van der Waals surface area contributed by atoms with E-state index in [1.807, 2.05) is 6.08 Å². The van der Waals surface area contributed by atoms with Gasteiger partial charge >= 0.3 is 0 Å². The summed E-state index contributed by atoms with van der Waals surface area (Å²) in [6.45, 7) is 6.81. The van der Waals surface area contributed by atoms with Crippen LogP contribution in [0.25, 0.3) is 0 Å². The van der Waals surface area contributed by atoms with Crippen LogP contribution in [0.1, 0.15) is 65.7 Å². The first-order valence-corrected chi connectivity index (χ1v) is 11.2. The molecule has 5 aliphatic carbocycles. The van der Waals surface area contributed by atoms with E-state index in [0.717, 1.165) is 25.7 Å². The Morgan fingerprint density at radius 1 is 1.18 bits per heavy atom. The Bertz CT molecular complexity index is 756. The van der Waals surface area contributed by atoms with Gasteiger partial charge in [0.05, 0.1) is 0 Å². The molecule has 0 aliphatic heterocycles. The maximum absolute atomic E-state index is 12.9. The van der Waals surface area contributed by atoms with E-state index < -0.39 is 5.60 Å². The second-order valence-electron chi connectivity index (χ2n) is 10.7. The maximum atomic E-state index is 12.9. The number of allylic oxidation sites excluding steroid dienone is 1. The number of carbonyl (C=O) groups is 2. The molecule has 0 radical (unpaired) electrons. The Hall–Kier alpha value is -1.00. The number of ketones is 2. The van der Waals surface area contributed by atoms with Gasteiger partial charge in [0.15, 0.2) is 5.78 Å². The van der Waals surface area contributed by atoms with E-state index in [0.29, 0.717) is 29.5 Å². The summed E-state index contributed by atoms with van der Waals surface area (Å²) >= 11 is 0. The number of Topliss-reactive ketones (excluding diaryl/α,β-unsaturated/α-hetero) is 1. The SMILES string of the molecule is COCO[C@@]12C[C@@H]1[C@@]1(C)C(=CC2=O)CC[C@H]2[C@@H]3CC[C@H](C(C)=O)[C@@]3(C)CC[C@@H]21. The highest BCUT2D eigenvalue weighted by molar-refractivity contribution is 6.02. The molecule has 4 nitrogen and oxygen atoms in total. The summed E-state index contributed by atoms with van der Waals surface area (Å²) in [5.74, 6) is 3.05. The summed E-state index contributed by atoms with van der Waals surface area (Å²) in [6, 6.07) is 0. The van der Waals surface area contributed by atoms with Gasteiger partial charge in [-0.25, -0.2) is 0 Å². The van der Waals surface area contributed by atoms with E-state index in [1.165, 1.54) is 24.8 Å². The molecule has 0 N–H and O–H groups in total. The minimum atomic E-state index is -0.630. The van der Waals surface area contributed by atoms with E-state index in [2.05, 4.69) is 13.8 Å². The largest absolute Gasteiger partial charge is 0.359 e. The quantitative estimate of drug-likeness (QED) is 0.675. The van der Waals surface area contributed by atoms with Gasteiger partial charge in [0.1, 0.15) is 18.2 Å². The zero-order chi connectivity index (χ0) is 19.9. The van der Waals surface area contributed by atoms with Crippen LogP contribution in [0.3, 0.4) is 0 Å². The predicted molar refractivity (Wildman–Crippen MR) is 105 cm³/mol. The van der Waals surface area contributed by atoms with E-state index >= 15 is 0 Å². The van der Waals surface area contributed by atoms with E-state index in [4.69, 9.17) is 9.47 Å². The standard InChI is InChI=1S/C24H34O4/c1-14(25)17-7-8-18-16-6-5-15-11-21(26)24(28-13-27-4)12-20(24)23(15,3)19(16)9-10-22(17,18)2/h11,16-20H,5-10,12-13H2,1-4H3/t16-,17+,18-,19-,20+,22+,23-,24-/m0/s1. The molecule has 8 atom stereocenters. The van der Waals surface area contributed by atoms with Gasteiger partial charge in [0, 0.05) is 18.9 Å². The van der Waals surface area contributed by atoms with Crippen molar-refractivity contribution in [2.24, 2.45) is 40.4 Å². The van der Waals surface area contributed by atoms with Gasteiger partial charge in [0.25, 0.3) is 0 Å². The second-order valence-corrected chi connectivity index (χ2v) is 10.7. The van der Waals surface area contributed by atoms with Gasteiger partial charge in [-0.15, -0.1) is 0 Å². The number of methoxy groups -OCH3 is 1. The van der Waals surface area contributed by atoms with Gasteiger partial charge < -0.3 is 9.47 Å². The van der Waals surface area contributed by atoms with Gasteiger partial charge in [-0.2, -0.15) is 0 Å². The molecule has 0 aromatic heterocycles. The molecule has 28 heavy (non-hydrogen) atoms. The monoisotopic (exact) mass is 386 g/mol. The van der Waals surface area contributed by atoms with Crippen LogP contribution in [-0.4, -0.2) is 31.1 Å². The number of hydrogen-bond acceptors (Lipinski definition) is 4. The molecule has 0 amide bonds. The number of carbonyl (C=O) groups excluding carboxylic acids is 2. The predicted octanol–water partition coefficient (Wildman–Crippen LogP) is 4.32. The molecule has 5 aliphatic rings. The number of ether oxygens (including phenoxy) is 2. The summed E-state index contributed by atoms with van der Waals surface area (Å²) in [5, 5.41) is 0. The fourth-order valence-corrected chi connectivity index (χ4v) is 8.53. The number of hydrogen-bond donors (Lipinski definition) is 0. The van der Waals surface area contributed by atoms with E-state index in [-0.39, 0.29) is 29.3 Å². The van der Waals surface area contributed by atoms with Crippen molar-refractivity contribution in [1.29, 1.82) is 0 Å². The van der Waals surface area contributed by atoms with Crippen LogP contribution >= 0.6 is 0 Å². The summed E-state index contributed by atoms with van der Waals surface area (Å²) < 4.78 is 11.1. The third-order valence-electron chi connectivity index (χ3n) is 9.93. The minimum Gasteiger partial charge on any atom is -0.359 e. The Morgan fingerprint density at radius 3 is 2.68 bits per heavy atom. The second kappa shape index (κ2) is 6.01. The van der Waals surface area contributed by atoms with Crippen LogP contribution in [0.5, 0.6) is 0 Å². The van der Waals surface area contributed by atoms with Crippen molar-refractivity contribution >= 4 is 11.6 Å². The molecule has 0 unspecified atom stereocenters. The summed E-state index contributed by atoms with van der Waals surface area (Å²) in [5.41, 5.74) is 0.999. The lowest BCUT2D eigenvalue weighted by molar-refractivity contribution is -0.150. The molecule has 4 fully saturated rings. The zero-order valence-corrected chi connectivity index (χ0v) is 17.8. The lowest BCUT2D eigenvalue weighted by Crippen LogP contribution is -2.53. The number of fused-ring (bicyclic) bond motifs is 7. The molecule has 0 bridgehead atoms. The van der Waals surface area contributed by atoms with Gasteiger partial charge in [-0.1, -0.05) is 19.4 Å². The molecule has 0 saturated heterocycles. The highest BCUT2D eigenvalue weighted by Gasteiger charge is 2.73. The molecule has 4 saturated carbocycles. The lowest BCUT2D eigenvalue weighted by atomic mass is 9.46. The van der Waals surface area contributed by atoms with Gasteiger partial charge in [-0.3, -0.25) is 9.59 Å². The number of rotatable bonds is 4. The highest BCUT2D eigenvalue weighted by Crippen LogP contribution is 2.73. The highest BCUT2D eigenvalue weighted by atomic mass is 16.7. The maximum Gasteiger partial charge on any atom is 0.187 e. The Morgan fingerprint density at radius 2 is 1.96 bits per heavy atom. The molecular weight excluding hydrogens is 352 g/mol. The van der Waals surface area contributed by atoms with Crippen LogP contribution in [-0.2, 0) is 19.1 Å². The van der Waals surface area contributed by atoms with Gasteiger partial charge in [0.2, 0.25) is 0 Å². The van der Waals surface area contributed by atoms with Crippen LogP contribution in [0.4, 0.5) is 0 Å². The van der Waals surface area contributed by atoms with Crippen molar-refractivity contribution in [3.05, 3.63) is 11.6 Å². The van der Waals surface area contributed by atoms with Crippen molar-refractivity contribution in [3.8, 4) is 0 Å². The molecular formula is C24H34O4.